The van der Waals surface area contributed by atoms with Crippen molar-refractivity contribution in [2.24, 2.45) is 0 Å². The molecule has 1 aliphatic heterocycles. The number of anilines is 1. The van der Waals surface area contributed by atoms with E-state index >= 15 is 0 Å². The van der Waals surface area contributed by atoms with E-state index < -0.39 is 0 Å². The van der Waals surface area contributed by atoms with Crippen molar-refractivity contribution in [3.8, 4) is 0 Å². The highest BCUT2D eigenvalue weighted by Crippen LogP contribution is 2.26. The molecule has 1 heterocycles. The minimum absolute atomic E-state index is 0.0789. The van der Waals surface area contributed by atoms with E-state index in [2.05, 4.69) is 27.7 Å². The highest BCUT2D eigenvalue weighted by Gasteiger charge is 2.19. The fourth-order valence-corrected chi connectivity index (χ4v) is 2.39. The third-order valence-electron chi connectivity index (χ3n) is 3.42. The fourth-order valence-electron chi connectivity index (χ4n) is 2.39. The standard InChI is InChI=1S/C15H23N3O2/c1-20-11-9-16-7-8-17-15(19)12-18-10-6-13-4-2-3-5-14(13)18/h2-5,16H,6-12H2,1H3,(H,17,19). The number of benzene rings is 1. The maximum absolute atomic E-state index is 11.9. The summed E-state index contributed by atoms with van der Waals surface area (Å²) in [6.45, 7) is 4.29. The molecule has 2 rings (SSSR count). The number of methoxy groups -OCH3 is 1. The van der Waals surface area contributed by atoms with Gasteiger partial charge >= 0.3 is 0 Å². The maximum Gasteiger partial charge on any atom is 0.239 e. The molecular formula is C15H23N3O2. The second kappa shape index (κ2) is 7.87. The lowest BCUT2D eigenvalue weighted by Crippen LogP contribution is -2.39. The van der Waals surface area contributed by atoms with Gasteiger partial charge in [0.25, 0.3) is 0 Å². The fraction of sp³-hybridized carbons (Fsp3) is 0.533. The van der Waals surface area contributed by atoms with Crippen LogP contribution in [0.2, 0.25) is 0 Å². The van der Waals surface area contributed by atoms with Gasteiger partial charge < -0.3 is 20.3 Å². The number of nitrogens with zero attached hydrogens (tertiary/aromatic N) is 1. The van der Waals surface area contributed by atoms with Crippen molar-refractivity contribution in [1.82, 2.24) is 10.6 Å². The van der Waals surface area contributed by atoms with Crippen molar-refractivity contribution in [3.63, 3.8) is 0 Å². The van der Waals surface area contributed by atoms with Crippen LogP contribution in [0.5, 0.6) is 0 Å². The summed E-state index contributed by atoms with van der Waals surface area (Å²) in [7, 11) is 1.68. The molecule has 0 saturated carbocycles. The molecule has 20 heavy (non-hydrogen) atoms. The molecule has 0 aromatic heterocycles. The van der Waals surface area contributed by atoms with Gasteiger partial charge in [0.2, 0.25) is 5.91 Å². The van der Waals surface area contributed by atoms with Crippen LogP contribution < -0.4 is 15.5 Å². The van der Waals surface area contributed by atoms with E-state index in [9.17, 15) is 4.79 Å². The molecule has 2 N–H and O–H groups in total. The SMILES string of the molecule is COCCNCCNC(=O)CN1CCc2ccccc21. The number of para-hydroxylation sites is 1. The van der Waals surface area contributed by atoms with Gasteiger partial charge in [-0.3, -0.25) is 4.79 Å². The van der Waals surface area contributed by atoms with Crippen LogP contribution in [0.4, 0.5) is 5.69 Å². The van der Waals surface area contributed by atoms with Crippen LogP contribution in [0, 0.1) is 0 Å². The number of fused-ring (bicyclic) bond motifs is 1. The molecule has 0 atom stereocenters. The van der Waals surface area contributed by atoms with E-state index in [1.165, 1.54) is 11.3 Å². The summed E-state index contributed by atoms with van der Waals surface area (Å²) in [5, 5.41) is 6.13. The minimum atomic E-state index is 0.0789. The summed E-state index contributed by atoms with van der Waals surface area (Å²) in [5.74, 6) is 0.0789. The van der Waals surface area contributed by atoms with Gasteiger partial charge in [0.05, 0.1) is 13.2 Å². The first-order valence-corrected chi connectivity index (χ1v) is 7.10. The minimum Gasteiger partial charge on any atom is -0.383 e. The number of hydrogen-bond acceptors (Lipinski definition) is 4. The molecule has 0 aliphatic carbocycles. The van der Waals surface area contributed by atoms with Gasteiger partial charge in [0.1, 0.15) is 0 Å². The first kappa shape index (κ1) is 14.8. The maximum atomic E-state index is 11.9. The summed E-state index contributed by atoms with van der Waals surface area (Å²) in [6, 6.07) is 8.29. The molecule has 5 nitrogen and oxygen atoms in total. The number of rotatable bonds is 8. The van der Waals surface area contributed by atoms with Crippen molar-refractivity contribution >= 4 is 11.6 Å². The lowest BCUT2D eigenvalue weighted by Gasteiger charge is -2.18. The van der Waals surface area contributed by atoms with Gasteiger partial charge in [-0.15, -0.1) is 0 Å². The molecule has 1 aromatic carbocycles. The van der Waals surface area contributed by atoms with Gasteiger partial charge in [-0.2, -0.15) is 0 Å². The molecule has 0 saturated heterocycles. The Morgan fingerprint density at radius 1 is 1.30 bits per heavy atom. The normalized spacial score (nSPS) is 13.3. The van der Waals surface area contributed by atoms with Crippen molar-refractivity contribution in [3.05, 3.63) is 29.8 Å². The molecule has 0 radical (unpaired) electrons. The predicted octanol–water partition coefficient (Wildman–Crippen LogP) is 0.401. The lowest BCUT2D eigenvalue weighted by atomic mass is 10.2. The first-order chi connectivity index (χ1) is 9.81. The van der Waals surface area contributed by atoms with E-state index in [0.717, 1.165) is 26.1 Å². The Kier molecular flexibility index (Phi) is 5.83. The van der Waals surface area contributed by atoms with Gasteiger partial charge in [-0.05, 0) is 18.1 Å². The third kappa shape index (κ3) is 4.21. The molecule has 1 aliphatic rings. The zero-order valence-corrected chi connectivity index (χ0v) is 12.0. The predicted molar refractivity (Wildman–Crippen MR) is 80.1 cm³/mol. The van der Waals surface area contributed by atoms with E-state index in [-0.39, 0.29) is 5.91 Å². The van der Waals surface area contributed by atoms with Crippen LogP contribution in [-0.4, -0.2) is 52.3 Å². The molecule has 110 valence electrons. The molecule has 1 amide bonds. The first-order valence-electron chi connectivity index (χ1n) is 7.10. The average molecular weight is 277 g/mol. The number of ether oxygens (including phenoxy) is 1. The van der Waals surface area contributed by atoms with Crippen LogP contribution in [0.15, 0.2) is 24.3 Å². The number of amides is 1. The van der Waals surface area contributed by atoms with Gasteiger partial charge in [0, 0.05) is 39.0 Å². The Balaban J connectivity index is 1.66. The summed E-state index contributed by atoms with van der Waals surface area (Å²) >= 11 is 0. The summed E-state index contributed by atoms with van der Waals surface area (Å²) in [4.78, 5) is 14.0. The second-order valence-electron chi connectivity index (χ2n) is 4.89. The summed E-state index contributed by atoms with van der Waals surface area (Å²) < 4.78 is 4.93. The third-order valence-corrected chi connectivity index (χ3v) is 3.42. The number of carbonyl (C=O) groups excluding carboxylic acids is 1. The van der Waals surface area contributed by atoms with Gasteiger partial charge in [-0.25, -0.2) is 0 Å². The molecule has 0 unspecified atom stereocenters. The van der Waals surface area contributed by atoms with E-state index in [1.807, 2.05) is 12.1 Å². The molecule has 0 fully saturated rings. The highest BCUT2D eigenvalue weighted by atomic mass is 16.5. The largest absolute Gasteiger partial charge is 0.383 e. The Hall–Kier alpha value is -1.59. The smallest absolute Gasteiger partial charge is 0.239 e. The zero-order valence-electron chi connectivity index (χ0n) is 12.0. The summed E-state index contributed by atoms with van der Waals surface area (Å²) in [5.41, 5.74) is 2.53. The van der Waals surface area contributed by atoms with E-state index in [0.29, 0.717) is 19.7 Å². The monoisotopic (exact) mass is 277 g/mol. The van der Waals surface area contributed by atoms with Crippen molar-refractivity contribution < 1.29 is 9.53 Å². The topological polar surface area (TPSA) is 53.6 Å². The van der Waals surface area contributed by atoms with Crippen LogP contribution in [0.25, 0.3) is 0 Å². The molecular weight excluding hydrogens is 254 g/mol. The molecule has 5 heteroatoms. The molecule has 0 bridgehead atoms. The van der Waals surface area contributed by atoms with Crippen molar-refractivity contribution in [2.45, 2.75) is 6.42 Å². The Morgan fingerprint density at radius 2 is 2.15 bits per heavy atom. The number of nitrogens with one attached hydrogen (secondary N) is 2. The van der Waals surface area contributed by atoms with E-state index in [4.69, 9.17) is 4.74 Å². The van der Waals surface area contributed by atoms with Gasteiger partial charge in [-0.1, -0.05) is 18.2 Å². The highest BCUT2D eigenvalue weighted by molar-refractivity contribution is 5.82. The Labute approximate surface area is 120 Å². The van der Waals surface area contributed by atoms with E-state index in [1.54, 1.807) is 7.11 Å². The molecule has 1 aromatic rings. The zero-order chi connectivity index (χ0) is 14.2. The second-order valence-corrected chi connectivity index (χ2v) is 4.89. The Bertz CT molecular complexity index is 437. The van der Waals surface area contributed by atoms with Crippen molar-refractivity contribution in [2.75, 3.05) is 51.3 Å². The number of carbonyl (C=O) groups is 1. The summed E-state index contributed by atoms with van der Waals surface area (Å²) in [6.07, 6.45) is 1.03. The lowest BCUT2D eigenvalue weighted by molar-refractivity contribution is -0.119. The Morgan fingerprint density at radius 3 is 3.00 bits per heavy atom. The van der Waals surface area contributed by atoms with Gasteiger partial charge in [0.15, 0.2) is 0 Å². The average Bonchev–Trinajstić information content (AvgIpc) is 2.86. The van der Waals surface area contributed by atoms with Crippen molar-refractivity contribution in [1.29, 1.82) is 0 Å². The van der Waals surface area contributed by atoms with Crippen LogP contribution in [-0.2, 0) is 16.0 Å². The number of hydrogen-bond donors (Lipinski definition) is 2. The van der Waals surface area contributed by atoms with Crippen LogP contribution in [0.3, 0.4) is 0 Å². The van der Waals surface area contributed by atoms with Crippen LogP contribution in [0.1, 0.15) is 5.56 Å². The molecule has 0 spiro atoms. The quantitative estimate of drug-likeness (QED) is 0.676. The van der Waals surface area contributed by atoms with Crippen LogP contribution >= 0.6 is 0 Å².